The number of nitrogens with zero attached hydrogens (tertiary/aromatic N) is 1. The summed E-state index contributed by atoms with van der Waals surface area (Å²) < 4.78 is 9.74. The van der Waals surface area contributed by atoms with Crippen molar-refractivity contribution in [2.24, 2.45) is 17.3 Å². The van der Waals surface area contributed by atoms with E-state index in [1.165, 1.54) is 0 Å². The van der Waals surface area contributed by atoms with Crippen LogP contribution in [0, 0.1) is 17.3 Å². The van der Waals surface area contributed by atoms with Crippen LogP contribution in [-0.2, 0) is 28.7 Å². The lowest BCUT2D eigenvalue weighted by molar-refractivity contribution is -0.173. The SMILES string of the molecule is CC(C)(C)C(=O)OCOC(=O)CCNC(=O)[C@@H]1CCCN(C(=O)/C=C/C2CCNCC2)C1. The summed E-state index contributed by atoms with van der Waals surface area (Å²) in [6, 6.07) is 0. The summed E-state index contributed by atoms with van der Waals surface area (Å²) in [6.45, 7) is 7.80. The van der Waals surface area contributed by atoms with Crippen molar-refractivity contribution >= 4 is 23.8 Å². The molecule has 9 nitrogen and oxygen atoms in total. The molecule has 0 spiro atoms. The van der Waals surface area contributed by atoms with E-state index in [0.717, 1.165) is 32.4 Å². The highest BCUT2D eigenvalue weighted by atomic mass is 16.7. The van der Waals surface area contributed by atoms with Gasteiger partial charge in [-0.1, -0.05) is 6.08 Å². The Labute approximate surface area is 190 Å². The van der Waals surface area contributed by atoms with Gasteiger partial charge in [-0.05, 0) is 71.5 Å². The van der Waals surface area contributed by atoms with Crippen LogP contribution >= 0.6 is 0 Å². The quantitative estimate of drug-likeness (QED) is 0.325. The molecule has 2 heterocycles. The molecule has 0 aromatic rings. The first-order chi connectivity index (χ1) is 15.2. The molecule has 2 aliphatic rings. The summed E-state index contributed by atoms with van der Waals surface area (Å²) in [7, 11) is 0. The van der Waals surface area contributed by atoms with E-state index < -0.39 is 24.1 Å². The van der Waals surface area contributed by atoms with Gasteiger partial charge in [0, 0.05) is 19.6 Å². The third-order valence-electron chi connectivity index (χ3n) is 5.65. The average Bonchev–Trinajstić information content (AvgIpc) is 2.77. The fourth-order valence-corrected chi connectivity index (χ4v) is 3.62. The second-order valence-corrected chi connectivity index (χ2v) is 9.43. The summed E-state index contributed by atoms with van der Waals surface area (Å²) in [5, 5.41) is 6.04. The zero-order chi connectivity index (χ0) is 23.6. The van der Waals surface area contributed by atoms with Crippen LogP contribution in [0.15, 0.2) is 12.2 Å². The van der Waals surface area contributed by atoms with E-state index in [0.29, 0.717) is 25.4 Å². The van der Waals surface area contributed by atoms with E-state index in [9.17, 15) is 19.2 Å². The van der Waals surface area contributed by atoms with Gasteiger partial charge in [0.2, 0.25) is 18.6 Å². The number of ether oxygens (including phenoxy) is 2. The number of nitrogens with one attached hydrogen (secondary N) is 2. The van der Waals surface area contributed by atoms with Gasteiger partial charge < -0.3 is 25.0 Å². The Morgan fingerprint density at radius 2 is 1.81 bits per heavy atom. The first-order valence-electron chi connectivity index (χ1n) is 11.4. The van der Waals surface area contributed by atoms with Crippen LogP contribution in [0.2, 0.25) is 0 Å². The smallest absolute Gasteiger partial charge is 0.314 e. The molecular weight excluding hydrogens is 414 g/mol. The van der Waals surface area contributed by atoms with Crippen LogP contribution in [-0.4, -0.2) is 68.2 Å². The summed E-state index contributed by atoms with van der Waals surface area (Å²) in [5.74, 6) is -1.09. The minimum Gasteiger partial charge on any atom is -0.428 e. The molecule has 2 fully saturated rings. The van der Waals surface area contributed by atoms with Gasteiger partial charge in [-0.15, -0.1) is 0 Å². The summed E-state index contributed by atoms with van der Waals surface area (Å²) >= 11 is 0. The van der Waals surface area contributed by atoms with Crippen molar-refractivity contribution in [1.29, 1.82) is 0 Å². The zero-order valence-corrected chi connectivity index (χ0v) is 19.5. The van der Waals surface area contributed by atoms with Crippen molar-refractivity contribution < 1.29 is 28.7 Å². The largest absolute Gasteiger partial charge is 0.428 e. The number of hydrogen-bond acceptors (Lipinski definition) is 7. The molecule has 1 atom stereocenters. The van der Waals surface area contributed by atoms with Gasteiger partial charge in [0.1, 0.15) is 0 Å². The highest BCUT2D eigenvalue weighted by Gasteiger charge is 2.28. The number of carbonyl (C=O) groups excluding carboxylic acids is 4. The van der Waals surface area contributed by atoms with E-state index >= 15 is 0 Å². The predicted molar refractivity (Wildman–Crippen MR) is 118 cm³/mol. The van der Waals surface area contributed by atoms with Crippen LogP contribution in [0.4, 0.5) is 0 Å². The maximum absolute atomic E-state index is 12.5. The first kappa shape index (κ1) is 25.8. The lowest BCUT2D eigenvalue weighted by atomic mass is 9.96. The molecule has 2 N–H and O–H groups in total. The fourth-order valence-electron chi connectivity index (χ4n) is 3.62. The van der Waals surface area contributed by atoms with E-state index in [2.05, 4.69) is 10.6 Å². The van der Waals surface area contributed by atoms with Crippen molar-refractivity contribution in [3.8, 4) is 0 Å². The van der Waals surface area contributed by atoms with Crippen LogP contribution in [0.1, 0.15) is 52.9 Å². The molecule has 0 aromatic carbocycles. The van der Waals surface area contributed by atoms with Crippen LogP contribution in [0.5, 0.6) is 0 Å². The molecule has 2 saturated heterocycles. The van der Waals surface area contributed by atoms with Crippen molar-refractivity contribution in [2.75, 3.05) is 39.5 Å². The van der Waals surface area contributed by atoms with Crippen LogP contribution in [0.3, 0.4) is 0 Å². The first-order valence-corrected chi connectivity index (χ1v) is 11.4. The normalized spacial score (nSPS) is 20.1. The number of piperidine rings is 2. The van der Waals surface area contributed by atoms with E-state index in [4.69, 9.17) is 9.47 Å². The standard InChI is InChI=1S/C23H37N3O6/c1-23(2,3)22(30)32-16-31-20(28)10-13-25-21(29)18-5-4-14-26(15-18)19(27)7-6-17-8-11-24-12-9-17/h6-7,17-18,24H,4-5,8-16H2,1-3H3,(H,25,29)/b7-6+/t18-/m1/s1. The number of likely N-dealkylation sites (tertiary alicyclic amines) is 1. The van der Waals surface area contributed by atoms with Gasteiger partial charge in [0.15, 0.2) is 0 Å². The van der Waals surface area contributed by atoms with E-state index in [-0.39, 0.29) is 30.7 Å². The van der Waals surface area contributed by atoms with Crippen LogP contribution < -0.4 is 10.6 Å². The minimum atomic E-state index is -0.668. The molecule has 0 aliphatic carbocycles. The van der Waals surface area contributed by atoms with Gasteiger partial charge in [-0.3, -0.25) is 19.2 Å². The number of rotatable bonds is 8. The monoisotopic (exact) mass is 451 g/mol. The number of carbonyl (C=O) groups is 4. The van der Waals surface area contributed by atoms with Gasteiger partial charge in [0.25, 0.3) is 0 Å². The molecule has 2 amide bonds. The van der Waals surface area contributed by atoms with Crippen LogP contribution in [0.25, 0.3) is 0 Å². The lowest BCUT2D eigenvalue weighted by Gasteiger charge is -2.31. The van der Waals surface area contributed by atoms with Gasteiger partial charge in [0.05, 0.1) is 17.8 Å². The number of esters is 2. The lowest BCUT2D eigenvalue weighted by Crippen LogP contribution is -2.45. The Kier molecular flexibility index (Phi) is 10.2. The second-order valence-electron chi connectivity index (χ2n) is 9.43. The van der Waals surface area contributed by atoms with Crippen molar-refractivity contribution in [3.63, 3.8) is 0 Å². The molecule has 0 unspecified atom stereocenters. The predicted octanol–water partition coefficient (Wildman–Crippen LogP) is 1.38. The summed E-state index contributed by atoms with van der Waals surface area (Å²) in [5.41, 5.74) is -0.668. The Balaban J connectivity index is 1.66. The Bertz CT molecular complexity index is 694. The number of allylic oxidation sites excluding steroid dienone is 1. The van der Waals surface area contributed by atoms with Crippen molar-refractivity contribution in [2.45, 2.75) is 52.9 Å². The number of amides is 2. The molecule has 0 aromatic heterocycles. The fraction of sp³-hybridized carbons (Fsp3) is 0.739. The third kappa shape index (κ3) is 8.98. The number of hydrogen-bond donors (Lipinski definition) is 2. The molecule has 2 rings (SSSR count). The maximum Gasteiger partial charge on any atom is 0.314 e. The zero-order valence-electron chi connectivity index (χ0n) is 19.5. The van der Waals surface area contributed by atoms with Gasteiger partial charge in [-0.2, -0.15) is 0 Å². The molecule has 2 aliphatic heterocycles. The van der Waals surface area contributed by atoms with Gasteiger partial charge in [-0.25, -0.2) is 0 Å². The van der Waals surface area contributed by atoms with Crippen molar-refractivity contribution in [3.05, 3.63) is 12.2 Å². The van der Waals surface area contributed by atoms with Gasteiger partial charge >= 0.3 is 11.9 Å². The third-order valence-corrected chi connectivity index (χ3v) is 5.65. The molecular formula is C23H37N3O6. The Morgan fingerprint density at radius 1 is 1.09 bits per heavy atom. The highest BCUT2D eigenvalue weighted by Crippen LogP contribution is 2.18. The highest BCUT2D eigenvalue weighted by molar-refractivity contribution is 5.88. The molecule has 0 bridgehead atoms. The second kappa shape index (κ2) is 12.6. The molecule has 0 saturated carbocycles. The van der Waals surface area contributed by atoms with E-state index in [1.807, 2.05) is 6.08 Å². The molecule has 9 heteroatoms. The summed E-state index contributed by atoms with van der Waals surface area (Å²) in [6.07, 6.45) is 7.18. The average molecular weight is 452 g/mol. The minimum absolute atomic E-state index is 0.0207. The molecule has 0 radical (unpaired) electrons. The van der Waals surface area contributed by atoms with Crippen molar-refractivity contribution in [1.82, 2.24) is 15.5 Å². The molecule has 32 heavy (non-hydrogen) atoms. The maximum atomic E-state index is 12.5. The van der Waals surface area contributed by atoms with E-state index in [1.54, 1.807) is 31.7 Å². The summed E-state index contributed by atoms with van der Waals surface area (Å²) in [4.78, 5) is 50.1. The topological polar surface area (TPSA) is 114 Å². The Hall–Kier alpha value is -2.42. The Morgan fingerprint density at radius 3 is 2.50 bits per heavy atom. The molecule has 180 valence electrons.